The highest BCUT2D eigenvalue weighted by molar-refractivity contribution is 5.28. The normalized spacial score (nSPS) is 16.1. The second kappa shape index (κ2) is 5.17. The maximum Gasteiger partial charge on any atom is 0.328 e. The van der Waals surface area contributed by atoms with Gasteiger partial charge in [-0.2, -0.15) is 0 Å². The lowest BCUT2D eigenvalue weighted by molar-refractivity contribution is 0.155. The Morgan fingerprint density at radius 1 is 1.30 bits per heavy atom. The van der Waals surface area contributed by atoms with Crippen molar-refractivity contribution in [3.05, 3.63) is 52.7 Å². The molecule has 2 aromatic rings. The van der Waals surface area contributed by atoms with Crippen LogP contribution in [0.3, 0.4) is 0 Å². The quantitative estimate of drug-likeness (QED) is 0.903. The molecule has 1 unspecified atom stereocenters. The Kier molecular flexibility index (Phi) is 3.36. The number of aliphatic hydroxyl groups excluding tert-OH is 1. The molecule has 1 aromatic heterocycles. The van der Waals surface area contributed by atoms with Crippen LogP contribution < -0.4 is 10.4 Å². The Hall–Kier alpha value is -2.01. The lowest BCUT2D eigenvalue weighted by Crippen LogP contribution is -2.25. The van der Waals surface area contributed by atoms with Crippen LogP contribution in [0.1, 0.15) is 30.6 Å². The number of benzene rings is 1. The van der Waals surface area contributed by atoms with Crippen molar-refractivity contribution < 1.29 is 9.84 Å². The second-order valence-corrected chi connectivity index (χ2v) is 5.16. The summed E-state index contributed by atoms with van der Waals surface area (Å²) in [6, 6.07) is 7.59. The van der Waals surface area contributed by atoms with E-state index in [9.17, 15) is 9.90 Å². The molecule has 3 rings (SSSR count). The van der Waals surface area contributed by atoms with E-state index in [-0.39, 0.29) is 12.2 Å². The maximum absolute atomic E-state index is 12.1. The Bertz CT molecular complexity index is 638. The molecule has 0 radical (unpaired) electrons. The van der Waals surface area contributed by atoms with Crippen molar-refractivity contribution in [3.8, 4) is 5.75 Å². The van der Waals surface area contributed by atoms with Crippen LogP contribution in [0, 0.1) is 0 Å². The highest BCUT2D eigenvalue weighted by Gasteiger charge is 2.25. The number of hydrogen-bond acceptors (Lipinski definition) is 3. The summed E-state index contributed by atoms with van der Waals surface area (Å²) in [6.07, 6.45) is 5.00. The Labute approximate surface area is 117 Å². The molecule has 0 aliphatic heterocycles. The highest BCUT2D eigenvalue weighted by atomic mass is 16.5. The first-order valence-corrected chi connectivity index (χ1v) is 6.78. The number of imidazole rings is 1. The summed E-state index contributed by atoms with van der Waals surface area (Å²) >= 11 is 0. The number of aliphatic hydroxyl groups is 1. The largest absolute Gasteiger partial charge is 0.497 e. The minimum atomic E-state index is -0.700. The van der Waals surface area contributed by atoms with Crippen LogP contribution in [0.25, 0.3) is 0 Å². The van der Waals surface area contributed by atoms with Crippen molar-refractivity contribution in [2.24, 2.45) is 0 Å². The summed E-state index contributed by atoms with van der Waals surface area (Å²) in [6.45, 7) is 0.269. The minimum Gasteiger partial charge on any atom is -0.497 e. The van der Waals surface area contributed by atoms with Crippen LogP contribution in [0.5, 0.6) is 5.75 Å². The van der Waals surface area contributed by atoms with Gasteiger partial charge in [-0.25, -0.2) is 4.79 Å². The average molecular weight is 274 g/mol. The lowest BCUT2D eigenvalue weighted by Gasteiger charge is -2.11. The van der Waals surface area contributed by atoms with Gasteiger partial charge < -0.3 is 9.84 Å². The molecule has 5 heteroatoms. The van der Waals surface area contributed by atoms with Gasteiger partial charge in [0.25, 0.3) is 0 Å². The third-order valence-electron chi connectivity index (χ3n) is 3.68. The van der Waals surface area contributed by atoms with E-state index >= 15 is 0 Å². The predicted molar refractivity (Wildman–Crippen MR) is 74.9 cm³/mol. The third kappa shape index (κ3) is 2.49. The predicted octanol–water partition coefficient (Wildman–Crippen LogP) is 1.73. The molecule has 0 spiro atoms. The summed E-state index contributed by atoms with van der Waals surface area (Å²) in [7, 11) is 1.60. The van der Waals surface area contributed by atoms with Gasteiger partial charge in [-0.15, -0.1) is 0 Å². The van der Waals surface area contributed by atoms with E-state index < -0.39 is 6.10 Å². The number of methoxy groups -OCH3 is 1. The Morgan fingerprint density at radius 2 is 2.00 bits per heavy atom. The molecular formula is C15H18N2O3. The van der Waals surface area contributed by atoms with Gasteiger partial charge in [-0.1, -0.05) is 12.1 Å². The molecule has 1 heterocycles. The minimum absolute atomic E-state index is 0.0416. The topological polar surface area (TPSA) is 56.4 Å². The Morgan fingerprint density at radius 3 is 2.60 bits per heavy atom. The molecule has 1 aromatic carbocycles. The number of hydrogen-bond donors (Lipinski definition) is 1. The maximum atomic E-state index is 12.1. The van der Waals surface area contributed by atoms with Crippen molar-refractivity contribution in [2.45, 2.75) is 31.5 Å². The molecule has 1 aliphatic carbocycles. The molecule has 1 aliphatic rings. The average Bonchev–Trinajstić information content (AvgIpc) is 3.25. The molecule has 0 bridgehead atoms. The summed E-state index contributed by atoms with van der Waals surface area (Å²) < 4.78 is 8.40. The van der Waals surface area contributed by atoms with Gasteiger partial charge in [-0.05, 0) is 30.5 Å². The molecular weight excluding hydrogens is 256 g/mol. The van der Waals surface area contributed by atoms with Gasteiger partial charge in [-0.3, -0.25) is 9.13 Å². The molecule has 1 saturated carbocycles. The Balaban J connectivity index is 1.74. The number of rotatable bonds is 5. The number of ether oxygens (including phenoxy) is 1. The van der Waals surface area contributed by atoms with Crippen molar-refractivity contribution in [2.75, 3.05) is 7.11 Å². The lowest BCUT2D eigenvalue weighted by atomic mass is 10.1. The van der Waals surface area contributed by atoms with Gasteiger partial charge in [0.15, 0.2) is 0 Å². The number of nitrogens with zero attached hydrogens (tertiary/aromatic N) is 2. The fourth-order valence-corrected chi connectivity index (χ4v) is 2.32. The van der Waals surface area contributed by atoms with Crippen LogP contribution in [0.15, 0.2) is 41.5 Å². The van der Waals surface area contributed by atoms with Crippen molar-refractivity contribution in [3.63, 3.8) is 0 Å². The highest BCUT2D eigenvalue weighted by Crippen LogP contribution is 2.33. The summed E-state index contributed by atoms with van der Waals surface area (Å²) in [5.41, 5.74) is 0.733. The zero-order valence-electron chi connectivity index (χ0n) is 11.4. The summed E-state index contributed by atoms with van der Waals surface area (Å²) in [5, 5.41) is 10.2. The first-order valence-electron chi connectivity index (χ1n) is 6.78. The fourth-order valence-electron chi connectivity index (χ4n) is 2.32. The summed E-state index contributed by atoms with van der Waals surface area (Å²) in [5.74, 6) is 0.748. The van der Waals surface area contributed by atoms with Crippen LogP contribution in [0.2, 0.25) is 0 Å². The fraction of sp³-hybridized carbons (Fsp3) is 0.400. The zero-order chi connectivity index (χ0) is 14.1. The standard InChI is InChI=1S/C15H18N2O3/c1-20-13-6-2-11(3-7-13)14(18)10-16-8-9-17(15(16)19)12-4-5-12/h2-3,6-9,12,14,18H,4-5,10H2,1H3. The van der Waals surface area contributed by atoms with E-state index in [1.165, 1.54) is 0 Å². The van der Waals surface area contributed by atoms with Crippen LogP contribution in [-0.2, 0) is 6.54 Å². The van der Waals surface area contributed by atoms with Gasteiger partial charge in [0, 0.05) is 18.4 Å². The second-order valence-electron chi connectivity index (χ2n) is 5.16. The van der Waals surface area contributed by atoms with Crippen LogP contribution in [-0.4, -0.2) is 21.4 Å². The van der Waals surface area contributed by atoms with E-state index in [0.717, 1.165) is 24.2 Å². The van der Waals surface area contributed by atoms with Crippen LogP contribution >= 0.6 is 0 Å². The first-order chi connectivity index (χ1) is 9.69. The molecule has 1 atom stereocenters. The zero-order valence-corrected chi connectivity index (χ0v) is 11.4. The molecule has 1 fully saturated rings. The molecule has 0 amide bonds. The van der Waals surface area contributed by atoms with Crippen molar-refractivity contribution in [1.29, 1.82) is 0 Å². The SMILES string of the molecule is COc1ccc(C(O)Cn2ccn(C3CC3)c2=O)cc1. The molecule has 106 valence electrons. The monoisotopic (exact) mass is 274 g/mol. The molecule has 20 heavy (non-hydrogen) atoms. The van der Waals surface area contributed by atoms with E-state index in [1.807, 2.05) is 12.1 Å². The van der Waals surface area contributed by atoms with E-state index in [0.29, 0.717) is 6.04 Å². The van der Waals surface area contributed by atoms with Gasteiger partial charge >= 0.3 is 5.69 Å². The van der Waals surface area contributed by atoms with Crippen LogP contribution in [0.4, 0.5) is 0 Å². The van der Waals surface area contributed by atoms with Crippen molar-refractivity contribution >= 4 is 0 Å². The summed E-state index contributed by atoms with van der Waals surface area (Å²) in [4.78, 5) is 12.1. The van der Waals surface area contributed by atoms with E-state index in [1.54, 1.807) is 40.8 Å². The first kappa shape index (κ1) is 13.0. The van der Waals surface area contributed by atoms with E-state index in [4.69, 9.17) is 4.74 Å². The molecule has 5 nitrogen and oxygen atoms in total. The van der Waals surface area contributed by atoms with Crippen molar-refractivity contribution in [1.82, 2.24) is 9.13 Å². The third-order valence-corrected chi connectivity index (χ3v) is 3.68. The van der Waals surface area contributed by atoms with Gasteiger partial charge in [0.2, 0.25) is 0 Å². The molecule has 1 N–H and O–H groups in total. The van der Waals surface area contributed by atoms with E-state index in [2.05, 4.69) is 0 Å². The van der Waals surface area contributed by atoms with Gasteiger partial charge in [0.1, 0.15) is 5.75 Å². The number of aromatic nitrogens is 2. The molecule has 0 saturated heterocycles. The smallest absolute Gasteiger partial charge is 0.328 e. The van der Waals surface area contributed by atoms with Gasteiger partial charge in [0.05, 0.1) is 19.8 Å².